The molecule has 0 saturated carbocycles. The Bertz CT molecular complexity index is 513. The van der Waals surface area contributed by atoms with Gasteiger partial charge in [-0.15, -0.1) is 0 Å². The van der Waals surface area contributed by atoms with Crippen LogP contribution in [0, 0.1) is 0 Å². The highest BCUT2D eigenvalue weighted by molar-refractivity contribution is 5.31. The number of nitrogens with two attached hydrogens (primary N) is 1. The van der Waals surface area contributed by atoms with Gasteiger partial charge in [0.05, 0.1) is 12.1 Å². The van der Waals surface area contributed by atoms with Crippen molar-refractivity contribution in [2.45, 2.75) is 50.1 Å². The van der Waals surface area contributed by atoms with E-state index in [-0.39, 0.29) is 13.0 Å². The van der Waals surface area contributed by atoms with Crippen LogP contribution in [0.15, 0.2) is 24.3 Å². The molecule has 1 aliphatic rings. The molecule has 0 spiro atoms. The third-order valence-corrected chi connectivity index (χ3v) is 4.39. The lowest BCUT2D eigenvalue weighted by Gasteiger charge is -2.26. The van der Waals surface area contributed by atoms with Gasteiger partial charge in [-0.2, -0.15) is 13.2 Å². The summed E-state index contributed by atoms with van der Waals surface area (Å²) in [4.78, 5) is 0. The number of ether oxygens (including phenoxy) is 2. The average Bonchev–Trinajstić information content (AvgIpc) is 2.95. The first-order valence-corrected chi connectivity index (χ1v) is 8.08. The summed E-state index contributed by atoms with van der Waals surface area (Å²) in [6, 6.07) is 7.02. The molecule has 1 aliphatic heterocycles. The lowest BCUT2D eigenvalue weighted by molar-refractivity contribution is -0.148. The SMILES string of the molecule is CCOC(O)C(CCC(F)(F)F)c1ccc(C2(N)CCOC2)cc1. The molecule has 0 amide bonds. The van der Waals surface area contributed by atoms with Gasteiger partial charge in [-0.25, -0.2) is 0 Å². The maximum atomic E-state index is 12.5. The zero-order chi connectivity index (χ0) is 17.8. The van der Waals surface area contributed by atoms with Crippen molar-refractivity contribution in [3.05, 3.63) is 35.4 Å². The first-order valence-electron chi connectivity index (χ1n) is 8.08. The summed E-state index contributed by atoms with van der Waals surface area (Å²) in [7, 11) is 0. The second-order valence-corrected chi connectivity index (χ2v) is 6.19. The van der Waals surface area contributed by atoms with E-state index in [4.69, 9.17) is 15.2 Å². The van der Waals surface area contributed by atoms with Crippen molar-refractivity contribution < 1.29 is 27.8 Å². The molecule has 1 aromatic rings. The van der Waals surface area contributed by atoms with E-state index in [1.165, 1.54) is 0 Å². The van der Waals surface area contributed by atoms with Crippen LogP contribution in [0.1, 0.15) is 43.2 Å². The molecule has 7 heteroatoms. The molecule has 1 heterocycles. The van der Waals surface area contributed by atoms with Crippen LogP contribution in [0.5, 0.6) is 0 Å². The smallest absolute Gasteiger partial charge is 0.379 e. The maximum absolute atomic E-state index is 12.5. The number of aliphatic hydroxyl groups excluding tert-OH is 1. The molecule has 0 aromatic heterocycles. The Hall–Kier alpha value is -1.15. The summed E-state index contributed by atoms with van der Waals surface area (Å²) in [6.45, 7) is 2.93. The van der Waals surface area contributed by atoms with E-state index in [1.54, 1.807) is 31.2 Å². The third kappa shape index (κ3) is 4.92. The van der Waals surface area contributed by atoms with Gasteiger partial charge in [0.2, 0.25) is 0 Å². The molecule has 136 valence electrons. The van der Waals surface area contributed by atoms with Crippen LogP contribution in [0.2, 0.25) is 0 Å². The fourth-order valence-corrected chi connectivity index (χ4v) is 2.95. The van der Waals surface area contributed by atoms with Crippen LogP contribution in [0.3, 0.4) is 0 Å². The lowest BCUT2D eigenvalue weighted by Crippen LogP contribution is -2.37. The fourth-order valence-electron chi connectivity index (χ4n) is 2.95. The van der Waals surface area contributed by atoms with Crippen molar-refractivity contribution in [2.75, 3.05) is 19.8 Å². The molecule has 4 nitrogen and oxygen atoms in total. The van der Waals surface area contributed by atoms with E-state index in [9.17, 15) is 18.3 Å². The van der Waals surface area contributed by atoms with Crippen LogP contribution in [0.25, 0.3) is 0 Å². The van der Waals surface area contributed by atoms with Crippen molar-refractivity contribution in [3.8, 4) is 0 Å². The van der Waals surface area contributed by atoms with E-state index in [2.05, 4.69) is 0 Å². The highest BCUT2D eigenvalue weighted by Gasteiger charge is 2.34. The van der Waals surface area contributed by atoms with Gasteiger partial charge in [0.25, 0.3) is 0 Å². The number of halogens is 3. The number of benzene rings is 1. The van der Waals surface area contributed by atoms with Crippen LogP contribution in [0.4, 0.5) is 13.2 Å². The summed E-state index contributed by atoms with van der Waals surface area (Å²) >= 11 is 0. The van der Waals surface area contributed by atoms with Crippen molar-refractivity contribution in [1.82, 2.24) is 0 Å². The molecular formula is C17H24F3NO3. The van der Waals surface area contributed by atoms with Crippen LogP contribution in [-0.4, -0.2) is 37.4 Å². The van der Waals surface area contributed by atoms with Gasteiger partial charge in [-0.3, -0.25) is 0 Å². The van der Waals surface area contributed by atoms with Gasteiger partial charge in [0.15, 0.2) is 6.29 Å². The van der Waals surface area contributed by atoms with Gasteiger partial charge in [0, 0.05) is 25.6 Å². The monoisotopic (exact) mass is 347 g/mol. The predicted octanol–water partition coefficient (Wildman–Crippen LogP) is 3.04. The molecule has 0 bridgehead atoms. The number of rotatable bonds is 7. The van der Waals surface area contributed by atoms with Gasteiger partial charge in [-0.1, -0.05) is 24.3 Å². The highest BCUT2D eigenvalue weighted by atomic mass is 19.4. The first kappa shape index (κ1) is 19.2. The van der Waals surface area contributed by atoms with Crippen molar-refractivity contribution in [1.29, 1.82) is 0 Å². The molecule has 24 heavy (non-hydrogen) atoms. The van der Waals surface area contributed by atoms with Crippen LogP contribution in [-0.2, 0) is 15.0 Å². The van der Waals surface area contributed by atoms with E-state index in [1.807, 2.05) is 0 Å². The van der Waals surface area contributed by atoms with Gasteiger partial charge in [-0.05, 0) is 30.9 Å². The van der Waals surface area contributed by atoms with Crippen molar-refractivity contribution in [2.24, 2.45) is 5.73 Å². The molecule has 1 aromatic carbocycles. The molecular weight excluding hydrogens is 323 g/mol. The molecule has 1 fully saturated rings. The largest absolute Gasteiger partial charge is 0.389 e. The van der Waals surface area contributed by atoms with E-state index in [0.717, 1.165) is 5.56 Å². The average molecular weight is 347 g/mol. The number of alkyl halides is 3. The molecule has 3 atom stereocenters. The Morgan fingerprint density at radius 1 is 1.33 bits per heavy atom. The molecule has 0 aliphatic carbocycles. The third-order valence-electron chi connectivity index (χ3n) is 4.39. The molecule has 1 saturated heterocycles. The minimum Gasteiger partial charge on any atom is -0.379 e. The quantitative estimate of drug-likeness (QED) is 0.744. The second-order valence-electron chi connectivity index (χ2n) is 6.19. The summed E-state index contributed by atoms with van der Waals surface area (Å²) in [6.07, 6.45) is -6.05. The lowest BCUT2D eigenvalue weighted by atomic mass is 9.87. The second kappa shape index (κ2) is 7.82. The Morgan fingerprint density at radius 2 is 2.00 bits per heavy atom. The Labute approximate surface area is 139 Å². The zero-order valence-corrected chi connectivity index (χ0v) is 13.7. The first-order chi connectivity index (χ1) is 11.2. The standard InChI is InChI=1S/C17H24F3NO3/c1-2-24-15(22)14(7-8-17(18,19)20)12-3-5-13(6-4-12)16(21)9-10-23-11-16/h3-6,14-15,22H,2,7-11,21H2,1H3. The Kier molecular flexibility index (Phi) is 6.25. The van der Waals surface area contributed by atoms with Crippen molar-refractivity contribution in [3.63, 3.8) is 0 Å². The zero-order valence-electron chi connectivity index (χ0n) is 13.7. The minimum absolute atomic E-state index is 0.227. The van der Waals surface area contributed by atoms with Gasteiger partial charge in [0.1, 0.15) is 0 Å². The fraction of sp³-hybridized carbons (Fsp3) is 0.647. The van der Waals surface area contributed by atoms with Crippen LogP contribution >= 0.6 is 0 Å². The van der Waals surface area contributed by atoms with Gasteiger partial charge >= 0.3 is 6.18 Å². The summed E-state index contributed by atoms with van der Waals surface area (Å²) in [5.74, 6) is -0.742. The normalized spacial score (nSPS) is 24.1. The van der Waals surface area contributed by atoms with E-state index >= 15 is 0 Å². The Morgan fingerprint density at radius 3 is 2.50 bits per heavy atom. The molecule has 3 N–H and O–H groups in total. The topological polar surface area (TPSA) is 64.7 Å². The molecule has 3 unspecified atom stereocenters. The van der Waals surface area contributed by atoms with Gasteiger partial charge < -0.3 is 20.3 Å². The number of hydrogen-bond acceptors (Lipinski definition) is 4. The van der Waals surface area contributed by atoms with E-state index in [0.29, 0.717) is 25.2 Å². The minimum atomic E-state index is -4.27. The number of hydrogen-bond donors (Lipinski definition) is 2. The van der Waals surface area contributed by atoms with Crippen LogP contribution < -0.4 is 5.73 Å². The summed E-state index contributed by atoms with van der Waals surface area (Å²) in [5.41, 5.74) is 7.21. The summed E-state index contributed by atoms with van der Waals surface area (Å²) in [5, 5.41) is 10.1. The Balaban J connectivity index is 2.16. The van der Waals surface area contributed by atoms with E-state index < -0.39 is 30.3 Å². The van der Waals surface area contributed by atoms with Crippen molar-refractivity contribution >= 4 is 0 Å². The molecule has 0 radical (unpaired) electrons. The maximum Gasteiger partial charge on any atom is 0.389 e. The highest BCUT2D eigenvalue weighted by Crippen LogP contribution is 2.34. The molecule has 2 rings (SSSR count). The summed E-state index contributed by atoms with van der Waals surface area (Å²) < 4.78 is 48.1. The number of aliphatic hydroxyl groups is 1. The predicted molar refractivity (Wildman–Crippen MR) is 83.4 cm³/mol.